The highest BCUT2D eigenvalue weighted by Gasteiger charge is 2.35. The van der Waals surface area contributed by atoms with Crippen LogP contribution in [0.3, 0.4) is 0 Å². The van der Waals surface area contributed by atoms with Gasteiger partial charge in [0.15, 0.2) is 0 Å². The van der Waals surface area contributed by atoms with Crippen LogP contribution in [0.1, 0.15) is 22.3 Å². The summed E-state index contributed by atoms with van der Waals surface area (Å²) < 4.78 is 51.2. The van der Waals surface area contributed by atoms with E-state index in [0.717, 1.165) is 19.0 Å². The number of amides is 1. The van der Waals surface area contributed by atoms with Gasteiger partial charge in [-0.15, -0.1) is 0 Å². The van der Waals surface area contributed by atoms with E-state index in [1.807, 2.05) is 0 Å². The first-order valence-corrected chi connectivity index (χ1v) is 6.63. The quantitative estimate of drug-likeness (QED) is 0.870. The van der Waals surface area contributed by atoms with Crippen molar-refractivity contribution in [3.8, 4) is 0 Å². The van der Waals surface area contributed by atoms with Gasteiger partial charge in [-0.05, 0) is 44.1 Å². The van der Waals surface area contributed by atoms with Crippen LogP contribution in [-0.2, 0) is 6.18 Å². The third-order valence-electron chi connectivity index (χ3n) is 3.58. The van der Waals surface area contributed by atoms with Gasteiger partial charge in [0, 0.05) is 18.7 Å². The Labute approximate surface area is 119 Å². The molecule has 21 heavy (non-hydrogen) atoms. The van der Waals surface area contributed by atoms with E-state index in [0.29, 0.717) is 31.1 Å². The highest BCUT2D eigenvalue weighted by Crippen LogP contribution is 2.32. The first-order chi connectivity index (χ1) is 9.82. The molecule has 2 rings (SSSR count). The molecule has 1 aromatic carbocycles. The number of hydrogen-bond donors (Lipinski definition) is 1. The molecular formula is C14H16F4N2O. The molecule has 1 atom stereocenters. The number of hydrogen-bond acceptors (Lipinski definition) is 2. The molecule has 0 saturated carbocycles. The Morgan fingerprint density at radius 3 is 2.76 bits per heavy atom. The van der Waals surface area contributed by atoms with Crippen LogP contribution in [0.15, 0.2) is 18.2 Å². The van der Waals surface area contributed by atoms with E-state index in [-0.39, 0.29) is 5.56 Å². The fraction of sp³-hybridized carbons (Fsp3) is 0.500. The van der Waals surface area contributed by atoms with E-state index in [1.165, 1.54) is 4.90 Å². The van der Waals surface area contributed by atoms with Crippen molar-refractivity contribution in [1.29, 1.82) is 0 Å². The van der Waals surface area contributed by atoms with Crippen molar-refractivity contribution in [2.45, 2.75) is 12.6 Å². The minimum Gasteiger partial charge on any atom is -0.338 e. The van der Waals surface area contributed by atoms with Crippen molar-refractivity contribution in [3.05, 3.63) is 35.1 Å². The van der Waals surface area contributed by atoms with Gasteiger partial charge in [0.1, 0.15) is 5.82 Å². The summed E-state index contributed by atoms with van der Waals surface area (Å²) in [6.07, 6.45) is -4.00. The maximum Gasteiger partial charge on any atom is 0.419 e. The monoisotopic (exact) mass is 304 g/mol. The number of halogens is 4. The van der Waals surface area contributed by atoms with Crippen LogP contribution in [-0.4, -0.2) is 37.5 Å². The summed E-state index contributed by atoms with van der Waals surface area (Å²) in [7, 11) is 1.81. The summed E-state index contributed by atoms with van der Waals surface area (Å²) in [5.41, 5.74) is -1.53. The molecule has 1 unspecified atom stereocenters. The predicted octanol–water partition coefficient (Wildman–Crippen LogP) is 2.53. The third-order valence-corrected chi connectivity index (χ3v) is 3.58. The predicted molar refractivity (Wildman–Crippen MR) is 69.3 cm³/mol. The average Bonchev–Trinajstić information content (AvgIpc) is 2.86. The third kappa shape index (κ3) is 3.53. The molecule has 116 valence electrons. The number of likely N-dealkylation sites (tertiary alicyclic amines) is 1. The smallest absolute Gasteiger partial charge is 0.338 e. The first kappa shape index (κ1) is 15.8. The summed E-state index contributed by atoms with van der Waals surface area (Å²) in [6.45, 7) is 1.75. The zero-order chi connectivity index (χ0) is 15.6. The van der Waals surface area contributed by atoms with Gasteiger partial charge in [-0.2, -0.15) is 13.2 Å². The average molecular weight is 304 g/mol. The van der Waals surface area contributed by atoms with E-state index < -0.39 is 23.5 Å². The highest BCUT2D eigenvalue weighted by molar-refractivity contribution is 5.94. The molecule has 1 saturated heterocycles. The normalized spacial score (nSPS) is 19.1. The minimum absolute atomic E-state index is 0.131. The second kappa shape index (κ2) is 6.01. The van der Waals surface area contributed by atoms with Crippen LogP contribution in [0.25, 0.3) is 0 Å². The number of nitrogens with zero attached hydrogens (tertiary/aromatic N) is 1. The number of carbonyl (C=O) groups excluding carboxylic acids is 1. The molecule has 1 aliphatic rings. The van der Waals surface area contributed by atoms with Crippen molar-refractivity contribution in [2.75, 3.05) is 26.7 Å². The zero-order valence-electron chi connectivity index (χ0n) is 11.5. The summed E-state index contributed by atoms with van der Waals surface area (Å²) >= 11 is 0. The molecule has 7 heteroatoms. The standard InChI is InChI=1S/C14H16F4N2O/c1-19-7-9-4-5-20(8-9)13(21)10-2-3-12(15)11(6-10)14(16,17)18/h2-3,6,9,19H,4-5,7-8H2,1H3. The Hall–Kier alpha value is -1.63. The van der Waals surface area contributed by atoms with Gasteiger partial charge in [0.2, 0.25) is 0 Å². The van der Waals surface area contributed by atoms with Gasteiger partial charge in [-0.25, -0.2) is 4.39 Å². The number of nitrogens with one attached hydrogen (secondary N) is 1. The Morgan fingerprint density at radius 1 is 1.43 bits per heavy atom. The van der Waals surface area contributed by atoms with Gasteiger partial charge < -0.3 is 10.2 Å². The molecule has 0 radical (unpaired) electrons. The Morgan fingerprint density at radius 2 is 2.14 bits per heavy atom. The van der Waals surface area contributed by atoms with Gasteiger partial charge in [-0.1, -0.05) is 0 Å². The molecule has 0 bridgehead atoms. The van der Waals surface area contributed by atoms with E-state index in [9.17, 15) is 22.4 Å². The Balaban J connectivity index is 2.17. The van der Waals surface area contributed by atoms with E-state index in [1.54, 1.807) is 7.05 Å². The van der Waals surface area contributed by atoms with Gasteiger partial charge in [-0.3, -0.25) is 4.79 Å². The molecule has 0 aromatic heterocycles. The Bertz CT molecular complexity index is 530. The van der Waals surface area contributed by atoms with Gasteiger partial charge in [0.25, 0.3) is 5.91 Å². The van der Waals surface area contributed by atoms with Crippen LogP contribution >= 0.6 is 0 Å². The van der Waals surface area contributed by atoms with Crippen molar-refractivity contribution in [1.82, 2.24) is 10.2 Å². The molecule has 1 heterocycles. The first-order valence-electron chi connectivity index (χ1n) is 6.63. The molecule has 1 aromatic rings. The SMILES string of the molecule is CNCC1CCN(C(=O)c2ccc(F)c(C(F)(F)F)c2)C1. The summed E-state index contributed by atoms with van der Waals surface area (Å²) in [5, 5.41) is 3.01. The largest absolute Gasteiger partial charge is 0.419 e. The van der Waals surface area contributed by atoms with E-state index in [4.69, 9.17) is 0 Å². The fourth-order valence-electron chi connectivity index (χ4n) is 2.53. The zero-order valence-corrected chi connectivity index (χ0v) is 11.5. The number of rotatable bonds is 3. The van der Waals surface area contributed by atoms with Gasteiger partial charge in [0.05, 0.1) is 5.56 Å². The maximum atomic E-state index is 13.2. The van der Waals surface area contributed by atoms with Crippen LogP contribution < -0.4 is 5.32 Å². The lowest BCUT2D eigenvalue weighted by Crippen LogP contribution is -2.30. The van der Waals surface area contributed by atoms with Crippen molar-refractivity contribution >= 4 is 5.91 Å². The van der Waals surface area contributed by atoms with Gasteiger partial charge >= 0.3 is 6.18 Å². The second-order valence-electron chi connectivity index (χ2n) is 5.16. The van der Waals surface area contributed by atoms with E-state index >= 15 is 0 Å². The lowest BCUT2D eigenvalue weighted by Gasteiger charge is -2.17. The molecule has 1 N–H and O–H groups in total. The van der Waals surface area contributed by atoms with Crippen LogP contribution in [0, 0.1) is 11.7 Å². The summed E-state index contributed by atoms with van der Waals surface area (Å²) in [4.78, 5) is 13.7. The minimum atomic E-state index is -4.81. The molecule has 0 spiro atoms. The lowest BCUT2D eigenvalue weighted by atomic mass is 10.1. The molecule has 0 aliphatic carbocycles. The lowest BCUT2D eigenvalue weighted by molar-refractivity contribution is -0.140. The van der Waals surface area contributed by atoms with Crippen molar-refractivity contribution < 1.29 is 22.4 Å². The summed E-state index contributed by atoms with van der Waals surface area (Å²) in [6, 6.07) is 2.37. The van der Waals surface area contributed by atoms with Crippen LogP contribution in [0.5, 0.6) is 0 Å². The fourth-order valence-corrected chi connectivity index (χ4v) is 2.53. The van der Waals surface area contributed by atoms with Crippen molar-refractivity contribution in [3.63, 3.8) is 0 Å². The molecule has 1 amide bonds. The number of carbonyl (C=O) groups is 1. The topological polar surface area (TPSA) is 32.3 Å². The highest BCUT2D eigenvalue weighted by atomic mass is 19.4. The van der Waals surface area contributed by atoms with E-state index in [2.05, 4.69) is 5.32 Å². The molecule has 3 nitrogen and oxygen atoms in total. The Kier molecular flexibility index (Phi) is 4.51. The molecular weight excluding hydrogens is 288 g/mol. The maximum absolute atomic E-state index is 13.2. The van der Waals surface area contributed by atoms with Crippen LogP contribution in [0.4, 0.5) is 17.6 Å². The second-order valence-corrected chi connectivity index (χ2v) is 5.16. The van der Waals surface area contributed by atoms with Crippen molar-refractivity contribution in [2.24, 2.45) is 5.92 Å². The number of alkyl halides is 3. The molecule has 1 aliphatic heterocycles. The summed E-state index contributed by atoms with van der Waals surface area (Å²) in [5.74, 6) is -1.56. The van der Waals surface area contributed by atoms with Crippen LogP contribution in [0.2, 0.25) is 0 Å². The molecule has 1 fully saturated rings. The number of benzene rings is 1.